The third kappa shape index (κ3) is 3.21. The molecule has 0 heterocycles. The molecule has 0 aromatic heterocycles. The summed E-state index contributed by atoms with van der Waals surface area (Å²) in [6, 6.07) is 4.96. The molecule has 2 N–H and O–H groups in total. The Morgan fingerprint density at radius 3 is 2.33 bits per heavy atom. The number of benzene rings is 2. The Balaban J connectivity index is 2.47. The van der Waals surface area contributed by atoms with Crippen LogP contribution >= 0.6 is 15.9 Å². The fourth-order valence-electron chi connectivity index (χ4n) is 1.68. The second-order valence-electron chi connectivity index (χ2n) is 4.26. The first kappa shape index (κ1) is 15.8. The highest BCUT2D eigenvalue weighted by Gasteiger charge is 2.22. The number of hydrogen-bond donors (Lipinski definition) is 1. The molecule has 0 amide bonds. The molecule has 0 spiro atoms. The minimum Gasteiger partial charge on any atom is -0.396 e. The number of nitrogen functional groups attached to an aromatic ring is 1. The van der Waals surface area contributed by atoms with Crippen LogP contribution in [0.3, 0.4) is 0 Å². The summed E-state index contributed by atoms with van der Waals surface area (Å²) < 4.78 is 64.9. The van der Waals surface area contributed by atoms with Gasteiger partial charge >= 0.3 is 0 Å². The second kappa shape index (κ2) is 5.69. The summed E-state index contributed by atoms with van der Waals surface area (Å²) in [6.45, 7) is 0. The zero-order chi connectivity index (χ0) is 15.8. The van der Waals surface area contributed by atoms with Crippen LogP contribution in [0.2, 0.25) is 0 Å². The van der Waals surface area contributed by atoms with Gasteiger partial charge in [0.05, 0.1) is 20.8 Å². The van der Waals surface area contributed by atoms with Gasteiger partial charge in [0, 0.05) is 5.56 Å². The van der Waals surface area contributed by atoms with Crippen molar-refractivity contribution in [3.05, 3.63) is 57.8 Å². The summed E-state index contributed by atoms with van der Waals surface area (Å²) >= 11 is 2.85. The van der Waals surface area contributed by atoms with Gasteiger partial charge in [-0.1, -0.05) is 0 Å². The molecule has 0 atom stereocenters. The molecule has 2 rings (SSSR count). The van der Waals surface area contributed by atoms with Crippen molar-refractivity contribution in [2.24, 2.45) is 0 Å². The van der Waals surface area contributed by atoms with Gasteiger partial charge in [0.2, 0.25) is 0 Å². The van der Waals surface area contributed by atoms with E-state index in [1.165, 1.54) is 0 Å². The maximum absolute atomic E-state index is 13.8. The third-order valence-electron chi connectivity index (χ3n) is 2.80. The van der Waals surface area contributed by atoms with Gasteiger partial charge in [0.25, 0.3) is 0 Å². The minimum atomic E-state index is -4.11. The molecule has 0 saturated carbocycles. The molecule has 0 aliphatic carbocycles. The van der Waals surface area contributed by atoms with Crippen LogP contribution < -0.4 is 5.73 Å². The van der Waals surface area contributed by atoms with Crippen molar-refractivity contribution >= 4 is 31.5 Å². The van der Waals surface area contributed by atoms with Crippen molar-refractivity contribution in [1.82, 2.24) is 0 Å². The molecule has 2 aromatic carbocycles. The lowest BCUT2D eigenvalue weighted by Crippen LogP contribution is -2.09. The molecule has 112 valence electrons. The Morgan fingerprint density at radius 2 is 1.71 bits per heavy atom. The normalized spacial score (nSPS) is 11.6. The van der Waals surface area contributed by atoms with Crippen molar-refractivity contribution in [1.29, 1.82) is 0 Å². The maximum Gasteiger partial charge on any atom is 0.182 e. The number of rotatable bonds is 3. The van der Waals surface area contributed by atoms with Crippen molar-refractivity contribution < 1.29 is 21.6 Å². The zero-order valence-electron chi connectivity index (χ0n) is 10.4. The van der Waals surface area contributed by atoms with E-state index in [9.17, 15) is 21.6 Å². The Morgan fingerprint density at radius 1 is 1.05 bits per heavy atom. The predicted molar refractivity (Wildman–Crippen MR) is 75.8 cm³/mol. The van der Waals surface area contributed by atoms with Gasteiger partial charge in [-0.25, -0.2) is 21.6 Å². The van der Waals surface area contributed by atoms with Crippen LogP contribution in [0.4, 0.5) is 18.9 Å². The van der Waals surface area contributed by atoms with E-state index in [1.807, 2.05) is 0 Å². The van der Waals surface area contributed by atoms with Crippen LogP contribution in [0.5, 0.6) is 0 Å². The highest BCUT2D eigenvalue weighted by atomic mass is 79.9. The molecule has 0 aliphatic heterocycles. The van der Waals surface area contributed by atoms with Crippen molar-refractivity contribution in [2.45, 2.75) is 10.6 Å². The fraction of sp³-hybridized carbons (Fsp3) is 0.0769. The SMILES string of the molecule is Nc1ccc(S(=O)(=O)Cc2c(F)ccc(Br)c2F)cc1F. The van der Waals surface area contributed by atoms with Gasteiger partial charge < -0.3 is 5.73 Å². The van der Waals surface area contributed by atoms with E-state index in [-0.39, 0.29) is 10.2 Å². The van der Waals surface area contributed by atoms with Crippen LogP contribution in [0, 0.1) is 17.5 Å². The number of nitrogens with two attached hydrogens (primary N) is 1. The van der Waals surface area contributed by atoms with Crippen molar-refractivity contribution in [2.75, 3.05) is 5.73 Å². The van der Waals surface area contributed by atoms with E-state index in [2.05, 4.69) is 15.9 Å². The monoisotopic (exact) mass is 379 g/mol. The van der Waals surface area contributed by atoms with E-state index in [0.717, 1.165) is 30.3 Å². The molecular formula is C13H9BrF3NO2S. The van der Waals surface area contributed by atoms with Gasteiger partial charge in [-0.2, -0.15) is 0 Å². The van der Waals surface area contributed by atoms with E-state index in [1.54, 1.807) is 0 Å². The first-order valence-corrected chi connectivity index (χ1v) is 8.07. The van der Waals surface area contributed by atoms with E-state index in [0.29, 0.717) is 0 Å². The predicted octanol–water partition coefficient (Wildman–Crippen LogP) is 3.42. The van der Waals surface area contributed by atoms with Crippen LogP contribution in [-0.2, 0) is 15.6 Å². The number of hydrogen-bond acceptors (Lipinski definition) is 3. The fourth-order valence-corrected chi connectivity index (χ4v) is 3.42. The highest BCUT2D eigenvalue weighted by molar-refractivity contribution is 9.10. The number of halogens is 4. The van der Waals surface area contributed by atoms with Crippen molar-refractivity contribution in [3.63, 3.8) is 0 Å². The Hall–Kier alpha value is -1.54. The van der Waals surface area contributed by atoms with Gasteiger partial charge in [-0.05, 0) is 46.3 Å². The van der Waals surface area contributed by atoms with Gasteiger partial charge in [0.1, 0.15) is 17.5 Å². The average molecular weight is 380 g/mol. The van der Waals surface area contributed by atoms with Crippen LogP contribution in [0.15, 0.2) is 39.7 Å². The largest absolute Gasteiger partial charge is 0.396 e. The summed E-state index contributed by atoms with van der Waals surface area (Å²) in [5.74, 6) is -3.83. The number of sulfone groups is 1. The summed E-state index contributed by atoms with van der Waals surface area (Å²) in [5.41, 5.74) is 4.43. The topological polar surface area (TPSA) is 60.2 Å². The maximum atomic E-state index is 13.8. The van der Waals surface area contributed by atoms with Crippen LogP contribution in [-0.4, -0.2) is 8.42 Å². The molecule has 0 aliphatic rings. The molecule has 0 saturated heterocycles. The van der Waals surface area contributed by atoms with E-state index < -0.39 is 43.5 Å². The standard InChI is InChI=1S/C13H9BrF3NO2S/c14-9-2-3-10(15)8(13(9)17)6-21(19,20)7-1-4-12(18)11(16)5-7/h1-5H,6,18H2. The lowest BCUT2D eigenvalue weighted by molar-refractivity contribution is 0.552. The molecule has 21 heavy (non-hydrogen) atoms. The lowest BCUT2D eigenvalue weighted by atomic mass is 10.2. The quantitative estimate of drug-likeness (QED) is 0.656. The second-order valence-corrected chi connectivity index (χ2v) is 7.11. The average Bonchev–Trinajstić information content (AvgIpc) is 2.42. The summed E-state index contributed by atoms with van der Waals surface area (Å²) in [4.78, 5) is -0.395. The van der Waals surface area contributed by atoms with E-state index in [4.69, 9.17) is 5.73 Å². The Labute approximate surface area is 127 Å². The smallest absolute Gasteiger partial charge is 0.182 e. The molecule has 0 bridgehead atoms. The third-order valence-corrected chi connectivity index (χ3v) is 5.06. The van der Waals surface area contributed by atoms with Crippen LogP contribution in [0.25, 0.3) is 0 Å². The van der Waals surface area contributed by atoms with E-state index >= 15 is 0 Å². The zero-order valence-corrected chi connectivity index (χ0v) is 12.8. The Bertz CT molecular complexity index is 809. The molecule has 2 aromatic rings. The first-order chi connectivity index (χ1) is 9.72. The summed E-state index contributed by atoms with van der Waals surface area (Å²) in [6.07, 6.45) is 0. The van der Waals surface area contributed by atoms with Gasteiger partial charge in [0.15, 0.2) is 9.84 Å². The molecule has 8 heteroatoms. The molecule has 0 radical (unpaired) electrons. The summed E-state index contributed by atoms with van der Waals surface area (Å²) in [5, 5.41) is 0. The molecule has 0 unspecified atom stereocenters. The molecule has 3 nitrogen and oxygen atoms in total. The minimum absolute atomic E-state index is 0.0578. The molecule has 0 fully saturated rings. The van der Waals surface area contributed by atoms with Gasteiger partial charge in [-0.3, -0.25) is 0 Å². The lowest BCUT2D eigenvalue weighted by Gasteiger charge is -2.08. The number of anilines is 1. The van der Waals surface area contributed by atoms with Gasteiger partial charge in [-0.15, -0.1) is 0 Å². The highest BCUT2D eigenvalue weighted by Crippen LogP contribution is 2.26. The Kier molecular flexibility index (Phi) is 4.29. The first-order valence-electron chi connectivity index (χ1n) is 5.62. The summed E-state index contributed by atoms with van der Waals surface area (Å²) in [7, 11) is -4.11. The molecular weight excluding hydrogens is 371 g/mol. The van der Waals surface area contributed by atoms with Crippen molar-refractivity contribution in [3.8, 4) is 0 Å². The van der Waals surface area contributed by atoms with Crippen LogP contribution in [0.1, 0.15) is 5.56 Å².